The Kier molecular flexibility index (Phi) is 12.1. The van der Waals surface area contributed by atoms with Gasteiger partial charge in [0.2, 0.25) is 23.6 Å². The van der Waals surface area contributed by atoms with Crippen LogP contribution in [-0.2, 0) is 24.0 Å². The van der Waals surface area contributed by atoms with Gasteiger partial charge in [0, 0.05) is 19.6 Å². The predicted molar refractivity (Wildman–Crippen MR) is 141 cm³/mol. The molecule has 7 atom stereocenters. The largest absolute Gasteiger partial charge is 0.480 e. The van der Waals surface area contributed by atoms with E-state index in [0.29, 0.717) is 45.2 Å². The fourth-order valence-corrected chi connectivity index (χ4v) is 4.94. The molecule has 4 amide bonds. The molecule has 2 heterocycles. The summed E-state index contributed by atoms with van der Waals surface area (Å²) in [6.45, 7) is 3.33. The number of carboxylic acid groups (broad SMARTS) is 1. The molecule has 16 nitrogen and oxygen atoms in total. The van der Waals surface area contributed by atoms with Crippen molar-refractivity contribution in [2.75, 3.05) is 19.6 Å². The van der Waals surface area contributed by atoms with Gasteiger partial charge in [-0.3, -0.25) is 24.6 Å². The summed E-state index contributed by atoms with van der Waals surface area (Å²) < 4.78 is 0. The van der Waals surface area contributed by atoms with E-state index in [1.165, 1.54) is 23.6 Å². The second kappa shape index (κ2) is 14.8. The molecule has 0 spiro atoms. The third-order valence-corrected chi connectivity index (χ3v) is 7.09. The van der Waals surface area contributed by atoms with Crippen molar-refractivity contribution < 1.29 is 39.3 Å². The van der Waals surface area contributed by atoms with Crippen LogP contribution >= 0.6 is 0 Å². The molecule has 0 aliphatic carbocycles. The lowest BCUT2D eigenvalue weighted by molar-refractivity contribution is -0.148. The first-order chi connectivity index (χ1) is 18.8. The van der Waals surface area contributed by atoms with Crippen LogP contribution in [0.4, 0.5) is 0 Å². The quantitative estimate of drug-likeness (QED) is 0.0592. The van der Waals surface area contributed by atoms with Crippen LogP contribution in [0.1, 0.15) is 52.4 Å². The number of nitrogens with one attached hydrogen (secondary N) is 4. The number of nitrogens with two attached hydrogens (primary N) is 2. The molecule has 0 bridgehead atoms. The summed E-state index contributed by atoms with van der Waals surface area (Å²) in [7, 11) is 0. The van der Waals surface area contributed by atoms with Gasteiger partial charge in [-0.05, 0) is 52.4 Å². The normalized spacial score (nSPS) is 22.5. The van der Waals surface area contributed by atoms with Crippen molar-refractivity contribution in [2.45, 2.75) is 94.8 Å². The number of carbonyl (C=O) groups excluding carboxylic acids is 4. The van der Waals surface area contributed by atoms with E-state index in [2.05, 4.69) is 16.0 Å². The maximum atomic E-state index is 13.4. The number of guanidine groups is 1. The van der Waals surface area contributed by atoms with E-state index in [4.69, 9.17) is 16.9 Å². The maximum Gasteiger partial charge on any atom is 0.328 e. The third-order valence-electron chi connectivity index (χ3n) is 7.09. The Morgan fingerprint density at radius 3 is 1.82 bits per heavy atom. The van der Waals surface area contributed by atoms with Crippen molar-refractivity contribution in [3.63, 3.8) is 0 Å². The molecule has 0 unspecified atom stereocenters. The molecule has 2 fully saturated rings. The molecule has 0 aromatic rings. The Balaban J connectivity index is 2.06. The number of rotatable bonds is 13. The number of hydrogen-bond donors (Lipinski definition) is 9. The third kappa shape index (κ3) is 8.50. The molecule has 2 saturated heterocycles. The van der Waals surface area contributed by atoms with Crippen LogP contribution in [-0.4, -0.2) is 123 Å². The highest BCUT2D eigenvalue weighted by Gasteiger charge is 2.43. The summed E-state index contributed by atoms with van der Waals surface area (Å²) in [6, 6.07) is -5.82. The van der Waals surface area contributed by atoms with E-state index < -0.39 is 72.0 Å². The van der Waals surface area contributed by atoms with Gasteiger partial charge >= 0.3 is 5.97 Å². The highest BCUT2D eigenvalue weighted by atomic mass is 16.4. The first-order valence-electron chi connectivity index (χ1n) is 13.4. The SMILES string of the molecule is C[C@@H](O)[C@H](NC(=O)[C@@H]1CCCN1C(=O)[C@@H](NC(=O)[C@@H]1CCCN1C(=O)[C@@H](N)CCCNC(=N)N)[C@@H](C)O)C(=O)O. The van der Waals surface area contributed by atoms with Crippen LogP contribution in [0.3, 0.4) is 0 Å². The highest BCUT2D eigenvalue weighted by Crippen LogP contribution is 2.22. The van der Waals surface area contributed by atoms with Crippen LogP contribution in [0, 0.1) is 5.41 Å². The van der Waals surface area contributed by atoms with Crippen LogP contribution in [0.15, 0.2) is 0 Å². The number of aliphatic hydroxyl groups excluding tert-OH is 2. The number of amides is 4. The van der Waals surface area contributed by atoms with Crippen molar-refractivity contribution in [1.82, 2.24) is 25.8 Å². The number of likely N-dealkylation sites (tertiary alicyclic amines) is 2. The molecule has 11 N–H and O–H groups in total. The van der Waals surface area contributed by atoms with E-state index in [1.807, 2.05) is 0 Å². The van der Waals surface area contributed by atoms with Crippen molar-refractivity contribution in [3.05, 3.63) is 0 Å². The first-order valence-corrected chi connectivity index (χ1v) is 13.4. The maximum absolute atomic E-state index is 13.4. The Bertz CT molecular complexity index is 961. The molecule has 0 radical (unpaired) electrons. The van der Waals surface area contributed by atoms with Gasteiger partial charge in [-0.25, -0.2) is 4.79 Å². The van der Waals surface area contributed by atoms with E-state index in [9.17, 15) is 39.3 Å². The van der Waals surface area contributed by atoms with Crippen LogP contribution in [0.2, 0.25) is 0 Å². The van der Waals surface area contributed by atoms with E-state index in [-0.39, 0.29) is 18.9 Å². The minimum absolute atomic E-state index is 0.143. The molecule has 0 saturated carbocycles. The standard InChI is InChI=1S/C24H42N8O8/c1-12(33)17(22(38)32-11-5-8-16(32)20(36)30-18(13(2)34)23(39)40)29-19(35)15-7-4-10-31(15)21(37)14(25)6-3-9-28-24(26)27/h12-18,33-34H,3-11,25H2,1-2H3,(H,29,35)(H,30,36)(H,39,40)(H4,26,27,28)/t12-,13-,14+,15+,16+,17+,18+/m1/s1. The van der Waals surface area contributed by atoms with Gasteiger partial charge in [-0.2, -0.15) is 0 Å². The van der Waals surface area contributed by atoms with E-state index >= 15 is 0 Å². The minimum atomic E-state index is -1.57. The Morgan fingerprint density at radius 1 is 0.900 bits per heavy atom. The summed E-state index contributed by atoms with van der Waals surface area (Å²) in [6.07, 6.45) is -0.402. The Labute approximate surface area is 232 Å². The lowest BCUT2D eigenvalue weighted by Gasteiger charge is -2.32. The predicted octanol–water partition coefficient (Wildman–Crippen LogP) is -3.63. The van der Waals surface area contributed by atoms with Crippen molar-refractivity contribution >= 4 is 35.6 Å². The summed E-state index contributed by atoms with van der Waals surface area (Å²) in [5.74, 6) is -4.19. The lowest BCUT2D eigenvalue weighted by Crippen LogP contribution is -2.60. The van der Waals surface area contributed by atoms with Gasteiger partial charge in [-0.15, -0.1) is 0 Å². The smallest absolute Gasteiger partial charge is 0.328 e. The average Bonchev–Trinajstić information content (AvgIpc) is 3.56. The second-order valence-corrected chi connectivity index (χ2v) is 10.3. The molecule has 0 aromatic carbocycles. The summed E-state index contributed by atoms with van der Waals surface area (Å²) in [5.41, 5.74) is 11.3. The molecule has 16 heteroatoms. The minimum Gasteiger partial charge on any atom is -0.480 e. The first kappa shape index (κ1) is 32.7. The van der Waals surface area contributed by atoms with E-state index in [1.54, 1.807) is 0 Å². The zero-order chi connectivity index (χ0) is 30.1. The molecular formula is C24H42N8O8. The van der Waals surface area contributed by atoms with Crippen LogP contribution in [0.5, 0.6) is 0 Å². The monoisotopic (exact) mass is 570 g/mol. The molecule has 2 aliphatic heterocycles. The zero-order valence-electron chi connectivity index (χ0n) is 22.8. The second-order valence-electron chi connectivity index (χ2n) is 10.3. The van der Waals surface area contributed by atoms with Gasteiger partial charge in [0.1, 0.15) is 18.1 Å². The Morgan fingerprint density at radius 2 is 1.38 bits per heavy atom. The molecule has 40 heavy (non-hydrogen) atoms. The van der Waals surface area contributed by atoms with Crippen molar-refractivity contribution in [2.24, 2.45) is 11.5 Å². The topological polar surface area (TPSA) is 264 Å². The summed E-state index contributed by atoms with van der Waals surface area (Å²) >= 11 is 0. The fraction of sp³-hybridized carbons (Fsp3) is 0.750. The Hall–Kier alpha value is -3.50. The van der Waals surface area contributed by atoms with Gasteiger partial charge in [0.25, 0.3) is 0 Å². The van der Waals surface area contributed by atoms with Crippen LogP contribution < -0.4 is 27.4 Å². The van der Waals surface area contributed by atoms with Gasteiger partial charge in [-0.1, -0.05) is 0 Å². The number of aliphatic carboxylic acids is 1. The number of carboxylic acids is 1. The van der Waals surface area contributed by atoms with Crippen molar-refractivity contribution in [1.29, 1.82) is 5.41 Å². The number of aliphatic hydroxyl groups is 2. The zero-order valence-corrected chi connectivity index (χ0v) is 22.8. The van der Waals surface area contributed by atoms with Crippen LogP contribution in [0.25, 0.3) is 0 Å². The summed E-state index contributed by atoms with van der Waals surface area (Å²) in [5, 5.41) is 43.9. The fourth-order valence-electron chi connectivity index (χ4n) is 4.94. The highest BCUT2D eigenvalue weighted by molar-refractivity contribution is 5.96. The molecule has 226 valence electrons. The van der Waals surface area contributed by atoms with Gasteiger partial charge in [0.05, 0.1) is 18.2 Å². The lowest BCUT2D eigenvalue weighted by atomic mass is 10.1. The number of hydrogen-bond acceptors (Lipinski definition) is 9. The molecular weight excluding hydrogens is 528 g/mol. The van der Waals surface area contributed by atoms with Gasteiger partial charge in [0.15, 0.2) is 12.0 Å². The molecule has 2 rings (SSSR count). The average molecular weight is 571 g/mol. The number of carbonyl (C=O) groups is 5. The molecule has 2 aliphatic rings. The van der Waals surface area contributed by atoms with Crippen molar-refractivity contribution in [3.8, 4) is 0 Å². The van der Waals surface area contributed by atoms with Gasteiger partial charge < -0.3 is 52.5 Å². The summed E-state index contributed by atoms with van der Waals surface area (Å²) in [4.78, 5) is 66.3. The molecule has 0 aromatic heterocycles. The number of nitrogens with zero attached hydrogens (tertiary/aromatic N) is 2. The van der Waals surface area contributed by atoms with E-state index in [0.717, 1.165) is 0 Å².